The summed E-state index contributed by atoms with van der Waals surface area (Å²) in [5.41, 5.74) is 0.756. The second-order valence-electron chi connectivity index (χ2n) is 4.14. The summed E-state index contributed by atoms with van der Waals surface area (Å²) in [5, 5.41) is 14.6. The lowest BCUT2D eigenvalue weighted by Gasteiger charge is -2.09. The maximum Gasteiger partial charge on any atom is 0.356 e. The number of nitrogens with zero attached hydrogens (tertiary/aromatic N) is 1. The molecule has 0 aliphatic rings. The summed E-state index contributed by atoms with van der Waals surface area (Å²) in [5.74, 6) is -1.21. The van der Waals surface area contributed by atoms with Crippen molar-refractivity contribution in [3.8, 4) is 0 Å². The summed E-state index contributed by atoms with van der Waals surface area (Å²) >= 11 is 5.84. The number of aromatic nitrogens is 1. The van der Waals surface area contributed by atoms with Crippen molar-refractivity contribution in [1.29, 1.82) is 0 Å². The van der Waals surface area contributed by atoms with Crippen LogP contribution in [0.3, 0.4) is 0 Å². The largest absolute Gasteiger partial charge is 0.476 e. The standard InChI is InChI=1S/C14H12ClN3O3/c15-10-4-1-3-9(7-10)8-17-14(21)18-11-5-2-6-16-12(11)13(19)20/h1-7H,8H2,(H,19,20)(H2,17,18,21). The van der Waals surface area contributed by atoms with Gasteiger partial charge in [-0.25, -0.2) is 14.6 Å². The van der Waals surface area contributed by atoms with Gasteiger partial charge in [-0.1, -0.05) is 23.7 Å². The molecule has 1 aromatic heterocycles. The number of nitrogens with one attached hydrogen (secondary N) is 2. The van der Waals surface area contributed by atoms with Crippen molar-refractivity contribution in [2.24, 2.45) is 0 Å². The highest BCUT2D eigenvalue weighted by Gasteiger charge is 2.12. The van der Waals surface area contributed by atoms with Crippen molar-refractivity contribution in [3.05, 3.63) is 58.9 Å². The number of aromatic carboxylic acids is 1. The van der Waals surface area contributed by atoms with Gasteiger partial charge in [0.1, 0.15) is 0 Å². The van der Waals surface area contributed by atoms with Crippen molar-refractivity contribution in [2.75, 3.05) is 5.32 Å². The Labute approximate surface area is 125 Å². The highest BCUT2D eigenvalue weighted by molar-refractivity contribution is 6.30. The topological polar surface area (TPSA) is 91.3 Å². The van der Waals surface area contributed by atoms with Crippen LogP contribution >= 0.6 is 11.6 Å². The summed E-state index contributed by atoms with van der Waals surface area (Å²) < 4.78 is 0. The van der Waals surface area contributed by atoms with Crippen LogP contribution in [0.5, 0.6) is 0 Å². The molecule has 0 fully saturated rings. The van der Waals surface area contributed by atoms with E-state index in [0.29, 0.717) is 5.02 Å². The summed E-state index contributed by atoms with van der Waals surface area (Å²) in [6, 6.07) is 9.55. The molecule has 0 bridgehead atoms. The molecule has 0 saturated heterocycles. The Morgan fingerprint density at radius 3 is 2.76 bits per heavy atom. The molecule has 7 heteroatoms. The minimum atomic E-state index is -1.21. The van der Waals surface area contributed by atoms with E-state index in [1.54, 1.807) is 24.3 Å². The van der Waals surface area contributed by atoms with E-state index >= 15 is 0 Å². The zero-order chi connectivity index (χ0) is 15.2. The van der Waals surface area contributed by atoms with E-state index in [2.05, 4.69) is 15.6 Å². The molecule has 108 valence electrons. The molecular weight excluding hydrogens is 294 g/mol. The molecule has 1 heterocycles. The highest BCUT2D eigenvalue weighted by atomic mass is 35.5. The minimum Gasteiger partial charge on any atom is -0.476 e. The normalized spacial score (nSPS) is 9.95. The van der Waals surface area contributed by atoms with Gasteiger partial charge in [-0.15, -0.1) is 0 Å². The van der Waals surface area contributed by atoms with Gasteiger partial charge in [-0.05, 0) is 29.8 Å². The number of benzene rings is 1. The molecule has 1 aromatic carbocycles. The van der Waals surface area contributed by atoms with Gasteiger partial charge < -0.3 is 15.7 Å². The van der Waals surface area contributed by atoms with Crippen LogP contribution in [-0.2, 0) is 6.54 Å². The third-order valence-corrected chi connectivity index (χ3v) is 2.84. The number of halogens is 1. The van der Waals surface area contributed by atoms with Gasteiger partial charge in [-0.3, -0.25) is 0 Å². The van der Waals surface area contributed by atoms with Crippen molar-refractivity contribution >= 4 is 29.3 Å². The van der Waals surface area contributed by atoms with Gasteiger partial charge >= 0.3 is 12.0 Å². The van der Waals surface area contributed by atoms with Crippen LogP contribution in [0, 0.1) is 0 Å². The summed E-state index contributed by atoms with van der Waals surface area (Å²) in [6.45, 7) is 0.273. The Hall–Kier alpha value is -2.60. The lowest BCUT2D eigenvalue weighted by Crippen LogP contribution is -2.29. The zero-order valence-electron chi connectivity index (χ0n) is 10.8. The number of rotatable bonds is 4. The molecule has 0 atom stereocenters. The van der Waals surface area contributed by atoms with Crippen LogP contribution in [-0.4, -0.2) is 22.1 Å². The fraction of sp³-hybridized carbons (Fsp3) is 0.0714. The van der Waals surface area contributed by atoms with E-state index in [0.717, 1.165) is 5.56 Å². The number of urea groups is 1. The van der Waals surface area contributed by atoms with Crippen LogP contribution in [0.25, 0.3) is 0 Å². The molecule has 2 aromatic rings. The number of hydrogen-bond acceptors (Lipinski definition) is 3. The lowest BCUT2D eigenvalue weighted by molar-refractivity contribution is 0.0692. The Bertz CT molecular complexity index is 676. The smallest absolute Gasteiger partial charge is 0.356 e. The van der Waals surface area contributed by atoms with E-state index in [1.807, 2.05) is 6.07 Å². The zero-order valence-corrected chi connectivity index (χ0v) is 11.6. The number of hydrogen-bond donors (Lipinski definition) is 3. The molecule has 6 nitrogen and oxygen atoms in total. The van der Waals surface area contributed by atoms with Crippen LogP contribution in [0.2, 0.25) is 5.02 Å². The molecular formula is C14H12ClN3O3. The Balaban J connectivity index is 1.98. The summed E-state index contributed by atoms with van der Waals surface area (Å²) in [7, 11) is 0. The monoisotopic (exact) mass is 305 g/mol. The average Bonchev–Trinajstić information content (AvgIpc) is 2.45. The summed E-state index contributed by atoms with van der Waals surface area (Å²) in [4.78, 5) is 26.4. The van der Waals surface area contributed by atoms with Gasteiger partial charge in [0, 0.05) is 17.8 Å². The fourth-order valence-corrected chi connectivity index (χ4v) is 1.89. The maximum atomic E-state index is 11.8. The first-order valence-electron chi connectivity index (χ1n) is 6.04. The Kier molecular flexibility index (Phi) is 4.73. The third-order valence-electron chi connectivity index (χ3n) is 2.60. The molecule has 2 amide bonds. The van der Waals surface area contributed by atoms with Crippen molar-refractivity contribution in [2.45, 2.75) is 6.54 Å². The summed E-state index contributed by atoms with van der Waals surface area (Å²) in [6.07, 6.45) is 1.35. The van der Waals surface area contributed by atoms with Crippen molar-refractivity contribution < 1.29 is 14.7 Å². The van der Waals surface area contributed by atoms with Crippen LogP contribution in [0.4, 0.5) is 10.5 Å². The second kappa shape index (κ2) is 6.71. The first-order chi connectivity index (χ1) is 10.1. The third kappa shape index (κ3) is 4.19. The SMILES string of the molecule is O=C(NCc1cccc(Cl)c1)Nc1cccnc1C(=O)O. The predicted octanol–water partition coefficient (Wildman–Crippen LogP) is 2.75. The number of carboxylic acids is 1. The second-order valence-corrected chi connectivity index (χ2v) is 4.58. The molecule has 0 aliphatic carbocycles. The van der Waals surface area contributed by atoms with E-state index in [9.17, 15) is 9.59 Å². The molecule has 0 unspecified atom stereocenters. The number of pyridine rings is 1. The number of carbonyl (C=O) groups excluding carboxylic acids is 1. The van der Waals surface area contributed by atoms with E-state index in [-0.39, 0.29) is 17.9 Å². The fourth-order valence-electron chi connectivity index (χ4n) is 1.67. The average molecular weight is 306 g/mol. The highest BCUT2D eigenvalue weighted by Crippen LogP contribution is 2.12. The van der Waals surface area contributed by atoms with Crippen LogP contribution in [0.15, 0.2) is 42.6 Å². The maximum absolute atomic E-state index is 11.8. The molecule has 2 rings (SSSR count). The lowest BCUT2D eigenvalue weighted by atomic mass is 10.2. The van der Waals surface area contributed by atoms with Gasteiger partial charge in [-0.2, -0.15) is 0 Å². The van der Waals surface area contributed by atoms with E-state index in [1.165, 1.54) is 12.3 Å². The number of anilines is 1. The molecule has 0 aliphatic heterocycles. The van der Waals surface area contributed by atoms with Gasteiger partial charge in [0.15, 0.2) is 5.69 Å². The number of amides is 2. The van der Waals surface area contributed by atoms with Crippen LogP contribution in [0.1, 0.15) is 16.1 Å². The minimum absolute atomic E-state index is 0.133. The van der Waals surface area contributed by atoms with E-state index < -0.39 is 12.0 Å². The molecule has 3 N–H and O–H groups in total. The first kappa shape index (κ1) is 14.8. The number of carbonyl (C=O) groups is 2. The van der Waals surface area contributed by atoms with Gasteiger partial charge in [0.25, 0.3) is 0 Å². The van der Waals surface area contributed by atoms with Crippen molar-refractivity contribution in [1.82, 2.24) is 10.3 Å². The molecule has 0 spiro atoms. The Morgan fingerprint density at radius 2 is 2.05 bits per heavy atom. The molecule has 0 radical (unpaired) electrons. The van der Waals surface area contributed by atoms with Crippen LogP contribution < -0.4 is 10.6 Å². The number of carboxylic acid groups (broad SMARTS) is 1. The van der Waals surface area contributed by atoms with Gasteiger partial charge in [0.2, 0.25) is 0 Å². The first-order valence-corrected chi connectivity index (χ1v) is 6.41. The Morgan fingerprint density at radius 1 is 1.24 bits per heavy atom. The van der Waals surface area contributed by atoms with Gasteiger partial charge in [0.05, 0.1) is 5.69 Å². The predicted molar refractivity (Wildman–Crippen MR) is 78.5 cm³/mol. The van der Waals surface area contributed by atoms with E-state index in [4.69, 9.17) is 16.7 Å². The molecule has 0 saturated carbocycles. The molecule has 21 heavy (non-hydrogen) atoms. The van der Waals surface area contributed by atoms with Crippen molar-refractivity contribution in [3.63, 3.8) is 0 Å². The quantitative estimate of drug-likeness (QED) is 0.810.